The summed E-state index contributed by atoms with van der Waals surface area (Å²) in [5.74, 6) is 0.672. The van der Waals surface area contributed by atoms with Crippen molar-refractivity contribution in [2.24, 2.45) is 0 Å². The van der Waals surface area contributed by atoms with E-state index in [9.17, 15) is 14.4 Å². The van der Waals surface area contributed by atoms with E-state index in [0.29, 0.717) is 38.1 Å². The minimum Gasteiger partial charge on any atom is -0.492 e. The van der Waals surface area contributed by atoms with Crippen LogP contribution < -0.4 is 15.4 Å². The Balaban J connectivity index is 1.52. The van der Waals surface area contributed by atoms with E-state index in [1.165, 1.54) is 5.56 Å². The summed E-state index contributed by atoms with van der Waals surface area (Å²) in [6.45, 7) is 0.623. The second kappa shape index (κ2) is 5.61. The predicted molar refractivity (Wildman–Crippen MR) is 86.9 cm³/mol. The van der Waals surface area contributed by atoms with Gasteiger partial charge in [0.25, 0.3) is 0 Å². The molecule has 0 bridgehead atoms. The van der Waals surface area contributed by atoms with Gasteiger partial charge >= 0.3 is 0 Å². The average molecular weight is 328 g/mol. The zero-order valence-corrected chi connectivity index (χ0v) is 13.4. The normalized spacial score (nSPS) is 25.2. The third-order valence-electron chi connectivity index (χ3n) is 5.40. The molecule has 2 fully saturated rings. The van der Waals surface area contributed by atoms with Gasteiger partial charge in [-0.15, -0.1) is 0 Å². The number of fused-ring (bicyclic) bond motifs is 2. The molecule has 1 aromatic carbocycles. The number of carbonyl (C=O) groups excluding carboxylic acids is 3. The molecule has 2 N–H and O–H groups in total. The van der Waals surface area contributed by atoms with E-state index in [1.807, 2.05) is 18.2 Å². The van der Waals surface area contributed by atoms with E-state index in [-0.39, 0.29) is 17.2 Å². The second-order valence-electron chi connectivity index (χ2n) is 6.97. The Bertz CT molecular complexity index is 718. The van der Waals surface area contributed by atoms with Gasteiger partial charge in [-0.25, -0.2) is 0 Å². The molecule has 3 aliphatic rings. The summed E-state index contributed by atoms with van der Waals surface area (Å²) in [7, 11) is 0. The third-order valence-corrected chi connectivity index (χ3v) is 5.40. The van der Waals surface area contributed by atoms with Crippen molar-refractivity contribution in [2.45, 2.75) is 50.0 Å². The summed E-state index contributed by atoms with van der Waals surface area (Å²) in [6, 6.07) is 5.52. The first-order valence-electron chi connectivity index (χ1n) is 8.45. The molecule has 1 aromatic rings. The standard InChI is InChI=1S/C18H20N2O4/c21-12-5-7-18(8-6-12)10-24-15-9-11(1-2-13(15)18)19-14-3-4-16(22)20-17(14)23/h1-2,9,14,19H,3-8,10H2,(H,20,22,23). The highest BCUT2D eigenvalue weighted by atomic mass is 16.5. The van der Waals surface area contributed by atoms with Gasteiger partial charge in [0.05, 0.1) is 6.61 Å². The first kappa shape index (κ1) is 15.2. The highest BCUT2D eigenvalue weighted by Crippen LogP contribution is 2.47. The van der Waals surface area contributed by atoms with Gasteiger partial charge in [-0.3, -0.25) is 19.7 Å². The van der Waals surface area contributed by atoms with Crippen LogP contribution in [0.3, 0.4) is 0 Å². The van der Waals surface area contributed by atoms with Crippen LogP contribution in [-0.4, -0.2) is 30.2 Å². The molecule has 6 heteroatoms. The monoisotopic (exact) mass is 328 g/mol. The summed E-state index contributed by atoms with van der Waals surface area (Å²) >= 11 is 0. The lowest BCUT2D eigenvalue weighted by atomic mass is 9.70. The van der Waals surface area contributed by atoms with Crippen LogP contribution in [0.4, 0.5) is 5.69 Å². The number of carbonyl (C=O) groups is 3. The Morgan fingerprint density at radius 1 is 1.12 bits per heavy atom. The van der Waals surface area contributed by atoms with Gasteiger partial charge in [0.15, 0.2) is 0 Å². The summed E-state index contributed by atoms with van der Waals surface area (Å²) in [4.78, 5) is 34.6. The largest absolute Gasteiger partial charge is 0.492 e. The first-order valence-corrected chi connectivity index (χ1v) is 8.45. The number of benzene rings is 1. The molecule has 2 amide bonds. The maximum absolute atomic E-state index is 11.9. The predicted octanol–water partition coefficient (Wildman–Crippen LogP) is 1.68. The fourth-order valence-electron chi connectivity index (χ4n) is 3.92. The van der Waals surface area contributed by atoms with Crippen molar-refractivity contribution in [3.05, 3.63) is 23.8 Å². The zero-order chi connectivity index (χ0) is 16.7. The van der Waals surface area contributed by atoms with Crippen molar-refractivity contribution < 1.29 is 19.1 Å². The number of rotatable bonds is 2. The Hall–Kier alpha value is -2.37. The summed E-state index contributed by atoms with van der Waals surface area (Å²) in [6.07, 6.45) is 3.78. The molecule has 2 heterocycles. The quantitative estimate of drug-likeness (QED) is 0.807. The van der Waals surface area contributed by atoms with Crippen molar-refractivity contribution in [3.8, 4) is 5.75 Å². The molecule has 0 aromatic heterocycles. The van der Waals surface area contributed by atoms with Crippen LogP contribution in [0, 0.1) is 0 Å². The summed E-state index contributed by atoms with van der Waals surface area (Å²) in [5, 5.41) is 5.53. The highest BCUT2D eigenvalue weighted by molar-refractivity contribution is 6.01. The Morgan fingerprint density at radius 3 is 2.67 bits per heavy atom. The van der Waals surface area contributed by atoms with Crippen LogP contribution in [0.5, 0.6) is 5.75 Å². The number of anilines is 1. The van der Waals surface area contributed by atoms with Crippen LogP contribution in [0.1, 0.15) is 44.1 Å². The molecule has 1 spiro atoms. The van der Waals surface area contributed by atoms with E-state index >= 15 is 0 Å². The lowest BCUT2D eigenvalue weighted by molar-refractivity contribution is -0.133. The Morgan fingerprint density at radius 2 is 1.92 bits per heavy atom. The van der Waals surface area contributed by atoms with Crippen LogP contribution in [0.2, 0.25) is 0 Å². The van der Waals surface area contributed by atoms with Gasteiger partial charge in [0, 0.05) is 42.0 Å². The van der Waals surface area contributed by atoms with Crippen molar-refractivity contribution in [3.63, 3.8) is 0 Å². The lowest BCUT2D eigenvalue weighted by Crippen LogP contribution is -2.47. The molecule has 4 rings (SSSR count). The van der Waals surface area contributed by atoms with Gasteiger partial charge in [-0.05, 0) is 25.3 Å². The molecule has 6 nitrogen and oxygen atoms in total. The van der Waals surface area contributed by atoms with Crippen LogP contribution in [0.15, 0.2) is 18.2 Å². The lowest BCUT2D eigenvalue weighted by Gasteiger charge is -2.31. The van der Waals surface area contributed by atoms with Crippen molar-refractivity contribution in [2.75, 3.05) is 11.9 Å². The van der Waals surface area contributed by atoms with E-state index < -0.39 is 6.04 Å². The van der Waals surface area contributed by atoms with E-state index in [0.717, 1.165) is 24.3 Å². The van der Waals surface area contributed by atoms with Crippen molar-refractivity contribution in [1.29, 1.82) is 0 Å². The zero-order valence-electron chi connectivity index (χ0n) is 13.4. The summed E-state index contributed by atoms with van der Waals surface area (Å²) in [5.41, 5.74) is 1.95. The van der Waals surface area contributed by atoms with Crippen LogP contribution in [0.25, 0.3) is 0 Å². The van der Waals surface area contributed by atoms with Crippen LogP contribution >= 0.6 is 0 Å². The maximum Gasteiger partial charge on any atom is 0.249 e. The SMILES string of the molecule is O=C1CCC2(CC1)COc1cc(NC3CCC(=O)NC3=O)ccc12. The van der Waals surface area contributed by atoms with Crippen LogP contribution in [-0.2, 0) is 19.8 Å². The highest BCUT2D eigenvalue weighted by Gasteiger charge is 2.43. The average Bonchev–Trinajstić information content (AvgIpc) is 2.91. The third kappa shape index (κ3) is 2.56. The van der Waals surface area contributed by atoms with Gasteiger partial charge < -0.3 is 10.1 Å². The van der Waals surface area contributed by atoms with Gasteiger partial charge in [0.2, 0.25) is 11.8 Å². The topological polar surface area (TPSA) is 84.5 Å². The number of Topliss-reactive ketones (excluding diaryl/α,β-unsaturated/α-hetero) is 1. The Kier molecular flexibility index (Phi) is 3.55. The summed E-state index contributed by atoms with van der Waals surface area (Å²) < 4.78 is 5.89. The number of imide groups is 1. The molecule has 126 valence electrons. The van der Waals surface area contributed by atoms with Gasteiger partial charge in [-0.1, -0.05) is 6.07 Å². The second-order valence-corrected chi connectivity index (χ2v) is 6.97. The molecule has 1 aliphatic carbocycles. The molecule has 24 heavy (non-hydrogen) atoms. The minimum atomic E-state index is -0.400. The fraction of sp³-hybridized carbons (Fsp3) is 0.500. The number of amides is 2. The number of ether oxygens (including phenoxy) is 1. The molecular formula is C18H20N2O4. The van der Waals surface area contributed by atoms with E-state index in [4.69, 9.17) is 4.74 Å². The fourth-order valence-corrected chi connectivity index (χ4v) is 3.92. The van der Waals surface area contributed by atoms with Crippen molar-refractivity contribution >= 4 is 23.3 Å². The number of hydrogen-bond donors (Lipinski definition) is 2. The molecule has 1 unspecified atom stereocenters. The number of hydrogen-bond acceptors (Lipinski definition) is 5. The first-order chi connectivity index (χ1) is 11.6. The number of nitrogens with one attached hydrogen (secondary N) is 2. The molecule has 0 radical (unpaired) electrons. The molecular weight excluding hydrogens is 308 g/mol. The number of ketones is 1. The number of piperidine rings is 1. The molecule has 2 aliphatic heterocycles. The van der Waals surface area contributed by atoms with Gasteiger partial charge in [0.1, 0.15) is 17.6 Å². The maximum atomic E-state index is 11.9. The van der Waals surface area contributed by atoms with E-state index in [1.54, 1.807) is 0 Å². The van der Waals surface area contributed by atoms with Crippen molar-refractivity contribution in [1.82, 2.24) is 5.32 Å². The smallest absolute Gasteiger partial charge is 0.249 e. The Labute approximate surface area is 139 Å². The molecule has 1 saturated carbocycles. The minimum absolute atomic E-state index is 0.0313. The molecule has 1 saturated heterocycles. The van der Waals surface area contributed by atoms with Gasteiger partial charge in [-0.2, -0.15) is 0 Å². The molecule has 1 atom stereocenters. The van der Waals surface area contributed by atoms with E-state index in [2.05, 4.69) is 10.6 Å².